The van der Waals surface area contributed by atoms with E-state index < -0.39 is 32.5 Å². The first-order valence-corrected chi connectivity index (χ1v) is 24.1. The van der Waals surface area contributed by atoms with Crippen LogP contribution >= 0.6 is 7.82 Å². The average Bonchev–Trinajstić information content (AvgIpc) is 3.18. The largest absolute Gasteiger partial charge is 0.472 e. The summed E-state index contributed by atoms with van der Waals surface area (Å²) in [5.74, 6) is -0.890. The van der Waals surface area contributed by atoms with Gasteiger partial charge >= 0.3 is 19.8 Å². The van der Waals surface area contributed by atoms with Crippen molar-refractivity contribution in [2.24, 2.45) is 5.73 Å². The quantitative estimate of drug-likeness (QED) is 0.0267. The van der Waals surface area contributed by atoms with Gasteiger partial charge in [-0.25, -0.2) is 4.57 Å². The zero-order valence-corrected chi connectivity index (χ0v) is 36.8. The van der Waals surface area contributed by atoms with Crippen molar-refractivity contribution < 1.29 is 37.6 Å². The molecule has 0 saturated carbocycles. The highest BCUT2D eigenvalue weighted by atomic mass is 31.2. The third-order valence-corrected chi connectivity index (χ3v) is 10.5. The van der Waals surface area contributed by atoms with Gasteiger partial charge in [-0.1, -0.05) is 184 Å². The first-order valence-electron chi connectivity index (χ1n) is 22.6. The van der Waals surface area contributed by atoms with Crippen LogP contribution in [0.2, 0.25) is 0 Å². The van der Waals surface area contributed by atoms with E-state index in [1.165, 1.54) is 122 Å². The molecule has 56 heavy (non-hydrogen) atoms. The molecule has 0 radical (unpaired) electrons. The highest BCUT2D eigenvalue weighted by Crippen LogP contribution is 2.43. The van der Waals surface area contributed by atoms with Crippen LogP contribution in [0.3, 0.4) is 0 Å². The number of ether oxygens (including phenoxy) is 2. The first-order chi connectivity index (χ1) is 27.3. The molecular formula is C46H84NO8P. The predicted molar refractivity (Wildman–Crippen MR) is 233 cm³/mol. The summed E-state index contributed by atoms with van der Waals surface area (Å²) in [5.41, 5.74) is 5.34. The SMILES string of the molecule is CCCCCCCCC/C=C/C/C=C/C/C=C/C/C=C/CCCC(=O)O[C@H](COC(=O)CCCCCCCCCCCCCCCC)COP(=O)(O)OCCN. The molecule has 1 unspecified atom stereocenters. The van der Waals surface area contributed by atoms with Crippen LogP contribution in [0.15, 0.2) is 48.6 Å². The highest BCUT2D eigenvalue weighted by Gasteiger charge is 2.25. The Kier molecular flexibility index (Phi) is 41.0. The van der Waals surface area contributed by atoms with Crippen molar-refractivity contribution in [3.05, 3.63) is 48.6 Å². The molecule has 0 bridgehead atoms. The fraction of sp³-hybridized carbons (Fsp3) is 0.783. The van der Waals surface area contributed by atoms with Gasteiger partial charge in [-0.2, -0.15) is 0 Å². The molecule has 0 aromatic heterocycles. The summed E-state index contributed by atoms with van der Waals surface area (Å²) in [6.07, 6.45) is 48.7. The number of hydrogen-bond donors (Lipinski definition) is 2. The number of unbranched alkanes of at least 4 members (excludes halogenated alkanes) is 21. The summed E-state index contributed by atoms with van der Waals surface area (Å²) in [6.45, 7) is 3.67. The van der Waals surface area contributed by atoms with Crippen LogP contribution in [0.5, 0.6) is 0 Å². The van der Waals surface area contributed by atoms with Crippen LogP contribution in [-0.4, -0.2) is 49.3 Å². The molecule has 0 spiro atoms. The van der Waals surface area contributed by atoms with Gasteiger partial charge in [0.15, 0.2) is 6.10 Å². The Morgan fingerprint density at radius 1 is 0.536 bits per heavy atom. The number of carbonyl (C=O) groups excluding carboxylic acids is 2. The van der Waals surface area contributed by atoms with E-state index in [0.717, 1.165) is 38.5 Å². The van der Waals surface area contributed by atoms with Gasteiger partial charge in [0.05, 0.1) is 13.2 Å². The molecule has 0 rings (SSSR count). The predicted octanol–water partition coefficient (Wildman–Crippen LogP) is 13.1. The van der Waals surface area contributed by atoms with Gasteiger partial charge in [-0.15, -0.1) is 0 Å². The molecule has 0 aromatic rings. The van der Waals surface area contributed by atoms with Gasteiger partial charge < -0.3 is 20.1 Å². The summed E-state index contributed by atoms with van der Waals surface area (Å²) in [6, 6.07) is 0. The van der Waals surface area contributed by atoms with Crippen LogP contribution in [0.25, 0.3) is 0 Å². The van der Waals surface area contributed by atoms with Gasteiger partial charge in [0.2, 0.25) is 0 Å². The zero-order valence-electron chi connectivity index (χ0n) is 35.9. The molecule has 0 saturated heterocycles. The lowest BCUT2D eigenvalue weighted by molar-refractivity contribution is -0.161. The maximum atomic E-state index is 12.6. The van der Waals surface area contributed by atoms with Crippen LogP contribution < -0.4 is 5.73 Å². The van der Waals surface area contributed by atoms with Gasteiger partial charge in [0.25, 0.3) is 0 Å². The second-order valence-corrected chi connectivity index (χ2v) is 16.4. The van der Waals surface area contributed by atoms with E-state index in [2.05, 4.69) is 56.4 Å². The minimum absolute atomic E-state index is 0.0444. The van der Waals surface area contributed by atoms with E-state index in [1.54, 1.807) is 0 Å². The Labute approximate surface area is 343 Å². The summed E-state index contributed by atoms with van der Waals surface area (Å²) >= 11 is 0. The highest BCUT2D eigenvalue weighted by molar-refractivity contribution is 7.47. The Hall–Kier alpha value is -2.03. The maximum absolute atomic E-state index is 12.6. The number of rotatable bonds is 42. The van der Waals surface area contributed by atoms with Crippen molar-refractivity contribution in [3.8, 4) is 0 Å². The zero-order chi connectivity index (χ0) is 41.1. The molecule has 0 aliphatic heterocycles. The second kappa shape index (κ2) is 42.6. The molecule has 0 aliphatic carbocycles. The van der Waals surface area contributed by atoms with Crippen LogP contribution in [0, 0.1) is 0 Å². The number of phosphoric ester groups is 1. The molecular weight excluding hydrogens is 725 g/mol. The molecule has 3 N–H and O–H groups in total. The number of esters is 2. The maximum Gasteiger partial charge on any atom is 0.472 e. The summed E-state index contributed by atoms with van der Waals surface area (Å²) < 4.78 is 32.7. The third kappa shape index (κ3) is 41.6. The Morgan fingerprint density at radius 2 is 0.946 bits per heavy atom. The van der Waals surface area contributed by atoms with E-state index in [-0.39, 0.29) is 32.6 Å². The first kappa shape index (κ1) is 54.0. The number of allylic oxidation sites excluding steroid dienone is 8. The van der Waals surface area contributed by atoms with E-state index in [9.17, 15) is 19.0 Å². The van der Waals surface area contributed by atoms with Gasteiger partial charge in [0, 0.05) is 19.4 Å². The van der Waals surface area contributed by atoms with Crippen molar-refractivity contribution >= 4 is 19.8 Å². The topological polar surface area (TPSA) is 134 Å². The van der Waals surface area contributed by atoms with E-state index >= 15 is 0 Å². The molecule has 10 heteroatoms. The summed E-state index contributed by atoms with van der Waals surface area (Å²) in [7, 11) is -4.39. The van der Waals surface area contributed by atoms with Crippen LogP contribution in [0.1, 0.15) is 200 Å². The third-order valence-electron chi connectivity index (χ3n) is 9.47. The summed E-state index contributed by atoms with van der Waals surface area (Å²) in [5, 5.41) is 0. The van der Waals surface area contributed by atoms with E-state index in [4.69, 9.17) is 24.3 Å². The van der Waals surface area contributed by atoms with Crippen LogP contribution in [0.4, 0.5) is 0 Å². The molecule has 0 amide bonds. The lowest BCUT2D eigenvalue weighted by Gasteiger charge is -2.19. The Morgan fingerprint density at radius 3 is 1.43 bits per heavy atom. The number of carbonyl (C=O) groups is 2. The molecule has 326 valence electrons. The van der Waals surface area contributed by atoms with Crippen molar-refractivity contribution in [3.63, 3.8) is 0 Å². The van der Waals surface area contributed by atoms with Crippen molar-refractivity contribution in [1.82, 2.24) is 0 Å². The van der Waals surface area contributed by atoms with E-state index in [0.29, 0.717) is 12.8 Å². The molecule has 9 nitrogen and oxygen atoms in total. The molecule has 0 aliphatic rings. The standard InChI is InChI=1S/C46H84NO8P/c1-3-5-7-9-11-13-15-17-19-20-21-22-23-24-25-27-29-31-33-35-37-39-46(49)55-44(43-54-56(50,51)53-41-40-47)42-52-45(48)38-36-34-32-30-28-26-18-16-14-12-10-8-6-4-2/h19-20,22-23,25,27,31,33,44H,3-18,21,24,26,28-30,32,34-43,47H2,1-2H3,(H,50,51)/b20-19+,23-22+,27-25+,33-31+/t44-/m1/s1. The lowest BCUT2D eigenvalue weighted by atomic mass is 10.0. The minimum Gasteiger partial charge on any atom is -0.462 e. The van der Waals surface area contributed by atoms with Gasteiger partial charge in [-0.3, -0.25) is 18.6 Å². The fourth-order valence-electron chi connectivity index (χ4n) is 6.10. The molecule has 0 heterocycles. The normalized spacial score (nSPS) is 13.7. The average molecular weight is 810 g/mol. The molecule has 0 fully saturated rings. The van der Waals surface area contributed by atoms with Gasteiger partial charge in [-0.05, 0) is 51.4 Å². The number of hydrogen-bond acceptors (Lipinski definition) is 8. The fourth-order valence-corrected chi connectivity index (χ4v) is 6.86. The van der Waals surface area contributed by atoms with Crippen molar-refractivity contribution in [2.45, 2.75) is 206 Å². The Balaban J connectivity index is 4.23. The molecule has 2 atom stereocenters. The summed E-state index contributed by atoms with van der Waals surface area (Å²) in [4.78, 5) is 34.9. The van der Waals surface area contributed by atoms with Crippen LogP contribution in [-0.2, 0) is 32.7 Å². The van der Waals surface area contributed by atoms with Gasteiger partial charge in [0.1, 0.15) is 6.61 Å². The van der Waals surface area contributed by atoms with Crippen molar-refractivity contribution in [2.75, 3.05) is 26.4 Å². The van der Waals surface area contributed by atoms with E-state index in [1.807, 2.05) is 6.08 Å². The number of phosphoric acid groups is 1. The molecule has 0 aromatic carbocycles. The minimum atomic E-state index is -4.39. The second-order valence-electron chi connectivity index (χ2n) is 14.9. The smallest absolute Gasteiger partial charge is 0.462 e. The lowest BCUT2D eigenvalue weighted by Crippen LogP contribution is -2.29. The van der Waals surface area contributed by atoms with Crippen molar-refractivity contribution in [1.29, 1.82) is 0 Å². The Bertz CT molecular complexity index is 1060. The number of nitrogens with two attached hydrogens (primary N) is 1. The monoisotopic (exact) mass is 810 g/mol.